The SMILES string of the molecule is CC(=CN(C)Cc1ccccc1)C(F)(F)F. The van der Waals surface area contributed by atoms with Gasteiger partial charge in [0.1, 0.15) is 0 Å². The van der Waals surface area contributed by atoms with E-state index in [0.29, 0.717) is 6.54 Å². The van der Waals surface area contributed by atoms with Crippen LogP contribution in [0, 0.1) is 0 Å². The molecule has 0 N–H and O–H groups in total. The quantitative estimate of drug-likeness (QED) is 0.765. The molecule has 0 atom stereocenters. The van der Waals surface area contributed by atoms with E-state index in [0.717, 1.165) is 18.7 Å². The third-order valence-corrected chi connectivity index (χ3v) is 2.14. The molecule has 0 spiro atoms. The van der Waals surface area contributed by atoms with E-state index in [9.17, 15) is 13.2 Å². The molecule has 0 bridgehead atoms. The molecule has 88 valence electrons. The Kier molecular flexibility index (Phi) is 3.99. The molecule has 16 heavy (non-hydrogen) atoms. The Morgan fingerprint density at radius 2 is 1.81 bits per heavy atom. The zero-order chi connectivity index (χ0) is 12.2. The molecule has 0 aliphatic carbocycles. The number of allylic oxidation sites excluding steroid dienone is 1. The van der Waals surface area contributed by atoms with Crippen LogP contribution in [-0.4, -0.2) is 18.1 Å². The zero-order valence-corrected chi connectivity index (χ0v) is 9.25. The lowest BCUT2D eigenvalue weighted by atomic mass is 10.2. The molecule has 0 aliphatic rings. The van der Waals surface area contributed by atoms with Gasteiger partial charge < -0.3 is 4.90 Å². The summed E-state index contributed by atoms with van der Waals surface area (Å²) in [5.41, 5.74) is 0.391. The van der Waals surface area contributed by atoms with Gasteiger partial charge in [-0.05, 0) is 12.5 Å². The van der Waals surface area contributed by atoms with Crippen molar-refractivity contribution in [2.75, 3.05) is 7.05 Å². The van der Waals surface area contributed by atoms with Gasteiger partial charge in [-0.15, -0.1) is 0 Å². The fraction of sp³-hybridized carbons (Fsp3) is 0.333. The topological polar surface area (TPSA) is 3.24 Å². The highest BCUT2D eigenvalue weighted by atomic mass is 19.4. The van der Waals surface area contributed by atoms with Gasteiger partial charge in [0, 0.05) is 25.4 Å². The Morgan fingerprint density at radius 3 is 2.31 bits per heavy atom. The smallest absolute Gasteiger partial charge is 0.376 e. The van der Waals surface area contributed by atoms with Gasteiger partial charge in [0.25, 0.3) is 0 Å². The van der Waals surface area contributed by atoms with Crippen molar-refractivity contribution in [3.63, 3.8) is 0 Å². The third kappa shape index (κ3) is 3.96. The average Bonchev–Trinajstić information content (AvgIpc) is 2.17. The van der Waals surface area contributed by atoms with Crippen LogP contribution in [-0.2, 0) is 6.54 Å². The van der Waals surface area contributed by atoms with Gasteiger partial charge in [0.05, 0.1) is 0 Å². The molecule has 1 aromatic carbocycles. The van der Waals surface area contributed by atoms with Gasteiger partial charge in [-0.2, -0.15) is 13.2 Å². The van der Waals surface area contributed by atoms with Crippen LogP contribution in [0.2, 0.25) is 0 Å². The summed E-state index contributed by atoms with van der Waals surface area (Å²) in [6.07, 6.45) is -3.13. The first-order valence-corrected chi connectivity index (χ1v) is 4.89. The van der Waals surface area contributed by atoms with Crippen LogP contribution in [0.1, 0.15) is 12.5 Å². The number of halogens is 3. The molecule has 0 saturated carbocycles. The summed E-state index contributed by atoms with van der Waals surface area (Å²) in [6.45, 7) is 1.54. The summed E-state index contributed by atoms with van der Waals surface area (Å²) >= 11 is 0. The van der Waals surface area contributed by atoms with E-state index in [-0.39, 0.29) is 0 Å². The maximum Gasteiger partial charge on any atom is 0.413 e. The van der Waals surface area contributed by atoms with Crippen molar-refractivity contribution in [1.29, 1.82) is 0 Å². The van der Waals surface area contributed by atoms with Crippen LogP contribution < -0.4 is 0 Å². The molecule has 4 heteroatoms. The number of alkyl halides is 3. The first-order chi connectivity index (χ1) is 7.39. The molecule has 0 unspecified atom stereocenters. The number of benzene rings is 1. The lowest BCUT2D eigenvalue weighted by Gasteiger charge is -2.16. The number of hydrogen-bond acceptors (Lipinski definition) is 1. The molecule has 1 nitrogen and oxygen atoms in total. The van der Waals surface area contributed by atoms with Crippen LogP contribution in [0.25, 0.3) is 0 Å². The molecular formula is C12H14F3N. The minimum Gasteiger partial charge on any atom is -0.376 e. The molecule has 0 amide bonds. The maximum absolute atomic E-state index is 12.3. The Bertz CT molecular complexity index is 354. The predicted molar refractivity (Wildman–Crippen MR) is 57.7 cm³/mol. The van der Waals surface area contributed by atoms with Gasteiger partial charge in [-0.1, -0.05) is 30.3 Å². The Hall–Kier alpha value is -1.45. The normalized spacial score (nSPS) is 12.7. The van der Waals surface area contributed by atoms with Crippen LogP contribution in [0.3, 0.4) is 0 Å². The van der Waals surface area contributed by atoms with Crippen LogP contribution >= 0.6 is 0 Å². The first kappa shape index (κ1) is 12.6. The average molecular weight is 229 g/mol. The van der Waals surface area contributed by atoms with Crippen LogP contribution in [0.4, 0.5) is 13.2 Å². The molecule has 0 fully saturated rings. The van der Waals surface area contributed by atoms with Gasteiger partial charge in [-0.25, -0.2) is 0 Å². The summed E-state index contributed by atoms with van der Waals surface area (Å²) in [5, 5.41) is 0. The van der Waals surface area contributed by atoms with Crippen molar-refractivity contribution in [2.45, 2.75) is 19.6 Å². The minimum absolute atomic E-state index is 0.467. The largest absolute Gasteiger partial charge is 0.413 e. The first-order valence-electron chi connectivity index (χ1n) is 4.89. The third-order valence-electron chi connectivity index (χ3n) is 2.14. The van der Waals surface area contributed by atoms with Crippen molar-refractivity contribution < 1.29 is 13.2 Å². The molecule has 0 radical (unpaired) electrons. The number of nitrogens with zero attached hydrogens (tertiary/aromatic N) is 1. The minimum atomic E-state index is -4.25. The van der Waals surface area contributed by atoms with Gasteiger partial charge in [0.15, 0.2) is 0 Å². The molecule has 1 aromatic rings. The number of hydrogen-bond donors (Lipinski definition) is 0. The summed E-state index contributed by atoms with van der Waals surface area (Å²) in [4.78, 5) is 1.53. The van der Waals surface area contributed by atoms with Crippen molar-refractivity contribution in [3.05, 3.63) is 47.7 Å². The second-order valence-electron chi connectivity index (χ2n) is 3.71. The van der Waals surface area contributed by atoms with Gasteiger partial charge >= 0.3 is 6.18 Å². The molecule has 1 rings (SSSR count). The highest BCUT2D eigenvalue weighted by Crippen LogP contribution is 2.25. The van der Waals surface area contributed by atoms with Crippen molar-refractivity contribution in [2.24, 2.45) is 0 Å². The van der Waals surface area contributed by atoms with Crippen molar-refractivity contribution in [1.82, 2.24) is 4.90 Å². The van der Waals surface area contributed by atoms with E-state index >= 15 is 0 Å². The lowest BCUT2D eigenvalue weighted by molar-refractivity contribution is -0.0923. The standard InChI is InChI=1S/C12H14F3N/c1-10(12(13,14)15)8-16(2)9-11-6-4-3-5-7-11/h3-8H,9H2,1-2H3. The second kappa shape index (κ2) is 5.05. The monoisotopic (exact) mass is 229 g/mol. The van der Waals surface area contributed by atoms with E-state index in [2.05, 4.69) is 0 Å². The van der Waals surface area contributed by atoms with Crippen molar-refractivity contribution in [3.8, 4) is 0 Å². The molecule has 0 saturated heterocycles. The van der Waals surface area contributed by atoms with Crippen molar-refractivity contribution >= 4 is 0 Å². The van der Waals surface area contributed by atoms with Gasteiger partial charge in [-0.3, -0.25) is 0 Å². The highest BCUT2D eigenvalue weighted by Gasteiger charge is 2.30. The second-order valence-corrected chi connectivity index (χ2v) is 3.71. The summed E-state index contributed by atoms with van der Waals surface area (Å²) in [7, 11) is 1.63. The zero-order valence-electron chi connectivity index (χ0n) is 9.25. The molecule has 0 aliphatic heterocycles. The predicted octanol–water partition coefficient (Wildman–Crippen LogP) is 3.58. The fourth-order valence-corrected chi connectivity index (χ4v) is 1.32. The Balaban J connectivity index is 2.64. The molecule has 0 aromatic heterocycles. The molecule has 0 heterocycles. The van der Waals surface area contributed by atoms with E-state index in [1.54, 1.807) is 7.05 Å². The lowest BCUT2D eigenvalue weighted by Crippen LogP contribution is -2.16. The highest BCUT2D eigenvalue weighted by molar-refractivity contribution is 5.15. The summed E-state index contributed by atoms with van der Waals surface area (Å²) in [5.74, 6) is 0. The van der Waals surface area contributed by atoms with Crippen LogP contribution in [0.15, 0.2) is 42.1 Å². The molecular weight excluding hydrogens is 215 g/mol. The van der Waals surface area contributed by atoms with E-state index in [4.69, 9.17) is 0 Å². The van der Waals surface area contributed by atoms with E-state index in [1.165, 1.54) is 4.90 Å². The Labute approximate surface area is 93.2 Å². The van der Waals surface area contributed by atoms with Crippen LogP contribution in [0.5, 0.6) is 0 Å². The van der Waals surface area contributed by atoms with Gasteiger partial charge in [0.2, 0.25) is 0 Å². The fourth-order valence-electron chi connectivity index (χ4n) is 1.32. The van der Waals surface area contributed by atoms with E-state index < -0.39 is 11.7 Å². The van der Waals surface area contributed by atoms with E-state index in [1.807, 2.05) is 30.3 Å². The summed E-state index contributed by atoms with van der Waals surface area (Å²) in [6, 6.07) is 9.37. The Morgan fingerprint density at radius 1 is 1.25 bits per heavy atom. The number of rotatable bonds is 3. The summed E-state index contributed by atoms with van der Waals surface area (Å²) < 4.78 is 36.8. The maximum atomic E-state index is 12.3.